The van der Waals surface area contributed by atoms with Gasteiger partial charge in [0.15, 0.2) is 0 Å². The smallest absolute Gasteiger partial charge is 0.329 e. The van der Waals surface area contributed by atoms with Crippen molar-refractivity contribution in [3.05, 3.63) is 29.3 Å². The highest BCUT2D eigenvalue weighted by Crippen LogP contribution is 2.36. The van der Waals surface area contributed by atoms with E-state index in [-0.39, 0.29) is 17.0 Å². The van der Waals surface area contributed by atoms with Gasteiger partial charge in [0.2, 0.25) is 10.0 Å². The Morgan fingerprint density at radius 3 is 2.38 bits per heavy atom. The molecule has 0 bridgehead atoms. The Morgan fingerprint density at radius 2 is 1.95 bits per heavy atom. The Bertz CT molecular complexity index is 632. The van der Waals surface area contributed by atoms with E-state index in [1.54, 1.807) is 0 Å². The molecule has 1 saturated carbocycles. The maximum absolute atomic E-state index is 12.9. The minimum Gasteiger partial charge on any atom is -0.329 e. The summed E-state index contributed by atoms with van der Waals surface area (Å²) in [6.07, 6.45) is -2.54. The number of nitrogens with two attached hydrogens (primary N) is 1. The monoisotopic (exact) mass is 322 g/mol. The Morgan fingerprint density at radius 1 is 1.33 bits per heavy atom. The van der Waals surface area contributed by atoms with Gasteiger partial charge in [-0.2, -0.15) is 13.2 Å². The van der Waals surface area contributed by atoms with Crippen molar-refractivity contribution in [1.29, 1.82) is 0 Å². The highest BCUT2D eigenvalue weighted by atomic mass is 32.2. The third-order valence-corrected chi connectivity index (χ3v) is 5.65. The van der Waals surface area contributed by atoms with Crippen LogP contribution in [-0.4, -0.2) is 20.5 Å². The van der Waals surface area contributed by atoms with Crippen molar-refractivity contribution < 1.29 is 21.6 Å². The fraction of sp³-hybridized carbons (Fsp3) is 0.538. The molecule has 0 atom stereocenters. The summed E-state index contributed by atoms with van der Waals surface area (Å²) in [5, 5.41) is 0. The van der Waals surface area contributed by atoms with Crippen molar-refractivity contribution >= 4 is 10.0 Å². The molecule has 0 spiro atoms. The Labute approximate surface area is 121 Å². The van der Waals surface area contributed by atoms with E-state index >= 15 is 0 Å². The molecule has 0 radical (unpaired) electrons. The van der Waals surface area contributed by atoms with Crippen LogP contribution in [0.2, 0.25) is 0 Å². The number of nitrogens with one attached hydrogen (secondary N) is 1. The molecule has 0 saturated heterocycles. The molecular formula is C13H17F3N2O2S. The highest BCUT2D eigenvalue weighted by Gasteiger charge is 2.41. The van der Waals surface area contributed by atoms with E-state index in [4.69, 9.17) is 5.73 Å². The van der Waals surface area contributed by atoms with E-state index in [2.05, 4.69) is 4.72 Å². The summed E-state index contributed by atoms with van der Waals surface area (Å²) in [4.78, 5) is -0.350. The zero-order valence-electron chi connectivity index (χ0n) is 11.5. The molecule has 21 heavy (non-hydrogen) atoms. The predicted octanol–water partition coefficient (Wildman–Crippen LogP) is 2.17. The van der Waals surface area contributed by atoms with Crippen LogP contribution in [0, 0.1) is 6.92 Å². The summed E-state index contributed by atoms with van der Waals surface area (Å²) >= 11 is 0. The van der Waals surface area contributed by atoms with Gasteiger partial charge < -0.3 is 5.73 Å². The summed E-state index contributed by atoms with van der Waals surface area (Å²) < 4.78 is 65.8. The van der Waals surface area contributed by atoms with Gasteiger partial charge in [-0.3, -0.25) is 0 Å². The van der Waals surface area contributed by atoms with Crippen LogP contribution in [0.25, 0.3) is 0 Å². The van der Waals surface area contributed by atoms with Crippen LogP contribution in [0.4, 0.5) is 13.2 Å². The molecule has 0 aromatic heterocycles. The lowest BCUT2D eigenvalue weighted by molar-refractivity contribution is -0.138. The highest BCUT2D eigenvalue weighted by molar-refractivity contribution is 7.89. The van der Waals surface area contributed by atoms with Gasteiger partial charge in [-0.05, 0) is 43.9 Å². The van der Waals surface area contributed by atoms with Gasteiger partial charge >= 0.3 is 6.18 Å². The molecule has 1 aliphatic carbocycles. The van der Waals surface area contributed by atoms with Gasteiger partial charge in [0.25, 0.3) is 0 Å². The van der Waals surface area contributed by atoms with E-state index in [9.17, 15) is 21.6 Å². The molecule has 0 amide bonds. The molecule has 1 aromatic carbocycles. The predicted molar refractivity (Wildman–Crippen MR) is 72.1 cm³/mol. The zero-order chi connectivity index (χ0) is 15.9. The van der Waals surface area contributed by atoms with E-state index in [1.165, 1.54) is 6.07 Å². The largest absolute Gasteiger partial charge is 0.416 e. The first-order valence-corrected chi connectivity index (χ1v) is 8.00. The lowest BCUT2D eigenvalue weighted by Crippen LogP contribution is -2.58. The number of hydrogen-bond acceptors (Lipinski definition) is 3. The lowest BCUT2D eigenvalue weighted by atomic mass is 9.78. The fourth-order valence-corrected chi connectivity index (χ4v) is 4.24. The van der Waals surface area contributed by atoms with Crippen molar-refractivity contribution in [3.63, 3.8) is 0 Å². The molecule has 8 heteroatoms. The summed E-state index contributed by atoms with van der Waals surface area (Å²) in [7, 11) is -4.03. The standard InChI is InChI=1S/C13H17F3N2O2S/c1-9-10(13(14,15)16)4-2-5-11(9)21(19,20)18-12(8-17)6-3-7-12/h2,4-5,18H,3,6-8,17H2,1H3. The number of alkyl halides is 3. The average molecular weight is 322 g/mol. The molecule has 3 N–H and O–H groups in total. The number of hydrogen-bond donors (Lipinski definition) is 2. The van der Waals surface area contributed by atoms with E-state index in [0.29, 0.717) is 12.8 Å². The number of rotatable bonds is 4. The van der Waals surface area contributed by atoms with Crippen LogP contribution < -0.4 is 10.5 Å². The first-order valence-electron chi connectivity index (χ1n) is 6.52. The minimum absolute atomic E-state index is 0.129. The molecule has 0 aliphatic heterocycles. The quantitative estimate of drug-likeness (QED) is 0.892. The fourth-order valence-electron chi connectivity index (χ4n) is 2.50. The molecule has 4 nitrogen and oxygen atoms in total. The SMILES string of the molecule is Cc1c(C(F)(F)F)cccc1S(=O)(=O)NC1(CN)CCC1. The second-order valence-electron chi connectivity index (χ2n) is 5.37. The molecule has 1 aromatic rings. The van der Waals surface area contributed by atoms with Crippen LogP contribution in [0.5, 0.6) is 0 Å². The zero-order valence-corrected chi connectivity index (χ0v) is 12.3. The van der Waals surface area contributed by atoms with Crippen LogP contribution in [0.15, 0.2) is 23.1 Å². The Kier molecular flexibility index (Phi) is 4.07. The number of benzene rings is 1. The maximum atomic E-state index is 12.9. The van der Waals surface area contributed by atoms with Crippen molar-refractivity contribution in [3.8, 4) is 0 Å². The Hall–Kier alpha value is -1.12. The van der Waals surface area contributed by atoms with E-state index in [1.807, 2.05) is 0 Å². The first kappa shape index (κ1) is 16.3. The van der Waals surface area contributed by atoms with Gasteiger partial charge in [0, 0.05) is 12.1 Å². The molecule has 1 fully saturated rings. The minimum atomic E-state index is -4.59. The topological polar surface area (TPSA) is 72.2 Å². The van der Waals surface area contributed by atoms with Crippen molar-refractivity contribution in [1.82, 2.24) is 4.72 Å². The number of sulfonamides is 1. The molecule has 118 valence electrons. The molecule has 1 aliphatic rings. The number of halogens is 3. The Balaban J connectivity index is 2.42. The second kappa shape index (κ2) is 5.26. The normalized spacial score (nSPS) is 18.3. The van der Waals surface area contributed by atoms with Crippen LogP contribution >= 0.6 is 0 Å². The van der Waals surface area contributed by atoms with Crippen molar-refractivity contribution in [2.75, 3.05) is 6.54 Å². The third-order valence-electron chi connectivity index (χ3n) is 3.93. The summed E-state index contributed by atoms with van der Waals surface area (Å²) in [5.41, 5.74) is 3.62. The summed E-state index contributed by atoms with van der Waals surface area (Å²) in [6, 6.07) is 3.15. The van der Waals surface area contributed by atoms with E-state index in [0.717, 1.165) is 25.5 Å². The van der Waals surface area contributed by atoms with Gasteiger partial charge in [0.1, 0.15) is 0 Å². The summed E-state index contributed by atoms with van der Waals surface area (Å²) in [5.74, 6) is 0. The van der Waals surface area contributed by atoms with Crippen molar-refractivity contribution in [2.24, 2.45) is 5.73 Å². The molecular weight excluding hydrogens is 305 g/mol. The maximum Gasteiger partial charge on any atom is 0.416 e. The van der Waals surface area contributed by atoms with Crippen LogP contribution in [0.3, 0.4) is 0 Å². The van der Waals surface area contributed by atoms with Crippen molar-refractivity contribution in [2.45, 2.75) is 42.8 Å². The summed E-state index contributed by atoms with van der Waals surface area (Å²) in [6.45, 7) is 1.29. The van der Waals surface area contributed by atoms with Crippen LogP contribution in [-0.2, 0) is 16.2 Å². The van der Waals surface area contributed by atoms with Gasteiger partial charge in [-0.1, -0.05) is 6.07 Å². The van der Waals surface area contributed by atoms with Crippen LogP contribution in [0.1, 0.15) is 30.4 Å². The molecule has 2 rings (SSSR count). The van der Waals surface area contributed by atoms with Gasteiger partial charge in [0.05, 0.1) is 10.5 Å². The lowest BCUT2D eigenvalue weighted by Gasteiger charge is -2.41. The van der Waals surface area contributed by atoms with Gasteiger partial charge in [-0.15, -0.1) is 0 Å². The third kappa shape index (κ3) is 3.07. The first-order chi connectivity index (χ1) is 9.61. The second-order valence-corrected chi connectivity index (χ2v) is 7.02. The molecule has 0 unspecified atom stereocenters. The molecule has 0 heterocycles. The van der Waals surface area contributed by atoms with Gasteiger partial charge in [-0.25, -0.2) is 13.1 Å². The average Bonchev–Trinajstić information content (AvgIpc) is 2.32. The van der Waals surface area contributed by atoms with E-state index < -0.39 is 27.3 Å².